The molecule has 0 bridgehead atoms. The molecule has 1 amide bonds. The van der Waals surface area contributed by atoms with Crippen LogP contribution in [0.1, 0.15) is 36.0 Å². The number of ether oxygens (including phenoxy) is 1. The molecular formula is C25H34BrClN6O2. The molecule has 2 N–H and O–H groups in total. The van der Waals surface area contributed by atoms with Crippen molar-refractivity contribution >= 4 is 50.9 Å². The lowest BCUT2D eigenvalue weighted by molar-refractivity contribution is 0.0601. The van der Waals surface area contributed by atoms with E-state index in [0.29, 0.717) is 33.8 Å². The van der Waals surface area contributed by atoms with Crippen molar-refractivity contribution in [1.82, 2.24) is 19.8 Å². The number of anilines is 3. The molecule has 1 aliphatic heterocycles. The fraction of sp³-hybridized carbons (Fsp3) is 0.560. The molecular weight excluding hydrogens is 532 g/mol. The Labute approximate surface area is 220 Å². The van der Waals surface area contributed by atoms with Gasteiger partial charge in [-0.05, 0) is 55.7 Å². The van der Waals surface area contributed by atoms with E-state index in [1.807, 2.05) is 17.0 Å². The van der Waals surface area contributed by atoms with Gasteiger partial charge in [-0.2, -0.15) is 4.98 Å². The Morgan fingerprint density at radius 1 is 1.17 bits per heavy atom. The number of methoxy groups -OCH3 is 1. The number of alkyl halides is 1. The Kier molecular flexibility index (Phi) is 9.08. The summed E-state index contributed by atoms with van der Waals surface area (Å²) in [6.45, 7) is 4.53. The highest BCUT2D eigenvalue weighted by molar-refractivity contribution is 9.09. The highest BCUT2D eigenvalue weighted by Crippen LogP contribution is 2.31. The maximum absolute atomic E-state index is 13.2. The van der Waals surface area contributed by atoms with Gasteiger partial charge in [-0.3, -0.25) is 9.69 Å². The standard InChI is InChI=1S/C25H34BrClN6O2/c1-28-23-20(27)15-29-25(31-23)30-21-8-7-19(13-22(21)35-2)24(34)33-11-9-32(10-12-33)16-18-5-3-17(14-26)4-6-18/h7-8,13,15,17-18H,3-6,9-12,14,16H2,1-2H3,(H2,28,29,30,31)/t17-,18-. The van der Waals surface area contributed by atoms with Gasteiger partial charge in [0.2, 0.25) is 5.95 Å². The van der Waals surface area contributed by atoms with Crippen molar-refractivity contribution in [3.8, 4) is 5.75 Å². The lowest BCUT2D eigenvalue weighted by atomic mass is 9.82. The van der Waals surface area contributed by atoms with Crippen LogP contribution in [0.3, 0.4) is 0 Å². The van der Waals surface area contributed by atoms with Gasteiger partial charge >= 0.3 is 0 Å². The van der Waals surface area contributed by atoms with Gasteiger partial charge < -0.3 is 20.3 Å². The maximum atomic E-state index is 13.2. The third kappa shape index (κ3) is 6.57. The first-order chi connectivity index (χ1) is 17.0. The number of amides is 1. The van der Waals surface area contributed by atoms with E-state index < -0.39 is 0 Å². The van der Waals surface area contributed by atoms with Gasteiger partial charge in [0.1, 0.15) is 16.6 Å². The number of carbonyl (C=O) groups excluding carboxylic acids is 1. The summed E-state index contributed by atoms with van der Waals surface area (Å²) in [5, 5.41) is 7.64. The first kappa shape index (κ1) is 26.0. The normalized spacial score (nSPS) is 21.0. The maximum Gasteiger partial charge on any atom is 0.254 e. The average Bonchev–Trinajstić information content (AvgIpc) is 2.90. The zero-order chi connectivity index (χ0) is 24.8. The number of rotatable bonds is 8. The van der Waals surface area contributed by atoms with E-state index in [1.54, 1.807) is 20.2 Å². The number of carbonyl (C=O) groups is 1. The number of nitrogens with zero attached hydrogens (tertiary/aromatic N) is 4. The van der Waals surface area contributed by atoms with Crippen molar-refractivity contribution in [3.63, 3.8) is 0 Å². The fourth-order valence-electron chi connectivity index (χ4n) is 4.90. The van der Waals surface area contributed by atoms with Crippen LogP contribution in [0.25, 0.3) is 0 Å². The second-order valence-electron chi connectivity index (χ2n) is 9.31. The summed E-state index contributed by atoms with van der Waals surface area (Å²) in [7, 11) is 3.33. The Morgan fingerprint density at radius 3 is 2.54 bits per heavy atom. The van der Waals surface area contributed by atoms with Crippen LogP contribution in [-0.4, -0.2) is 77.9 Å². The largest absolute Gasteiger partial charge is 0.495 e. The Balaban J connectivity index is 1.33. The van der Waals surface area contributed by atoms with Crippen LogP contribution in [0.5, 0.6) is 5.75 Å². The number of hydrogen-bond donors (Lipinski definition) is 2. The lowest BCUT2D eigenvalue weighted by Gasteiger charge is -2.38. The SMILES string of the molecule is CNc1nc(Nc2ccc(C(=O)N3CCN(C[C@H]4CC[C@H](CBr)CC4)CC3)cc2OC)ncc1Cl. The Morgan fingerprint density at radius 2 is 1.89 bits per heavy atom. The molecule has 2 aliphatic rings. The highest BCUT2D eigenvalue weighted by Gasteiger charge is 2.26. The van der Waals surface area contributed by atoms with Gasteiger partial charge in [0.05, 0.1) is 19.0 Å². The molecule has 35 heavy (non-hydrogen) atoms. The van der Waals surface area contributed by atoms with E-state index in [-0.39, 0.29) is 5.91 Å². The van der Waals surface area contributed by atoms with Crippen molar-refractivity contribution in [2.45, 2.75) is 25.7 Å². The van der Waals surface area contributed by atoms with Gasteiger partial charge in [0.15, 0.2) is 0 Å². The second kappa shape index (κ2) is 12.2. The predicted octanol–water partition coefficient (Wildman–Crippen LogP) is 4.88. The molecule has 0 radical (unpaired) electrons. The van der Waals surface area contributed by atoms with Crippen LogP contribution >= 0.6 is 27.5 Å². The van der Waals surface area contributed by atoms with E-state index in [1.165, 1.54) is 31.9 Å². The number of piperazine rings is 1. The third-order valence-electron chi connectivity index (χ3n) is 7.04. The molecule has 8 nitrogen and oxygen atoms in total. The van der Waals surface area contributed by atoms with Crippen molar-refractivity contribution in [2.75, 3.05) is 62.8 Å². The van der Waals surface area contributed by atoms with Crippen LogP contribution in [0.2, 0.25) is 5.02 Å². The van der Waals surface area contributed by atoms with Gasteiger partial charge in [0.25, 0.3) is 5.91 Å². The first-order valence-corrected chi connectivity index (χ1v) is 13.7. The van der Waals surface area contributed by atoms with Gasteiger partial charge in [-0.25, -0.2) is 4.98 Å². The zero-order valence-electron chi connectivity index (χ0n) is 20.4. The van der Waals surface area contributed by atoms with Gasteiger partial charge in [-0.1, -0.05) is 27.5 Å². The van der Waals surface area contributed by atoms with Crippen molar-refractivity contribution < 1.29 is 9.53 Å². The van der Waals surface area contributed by atoms with Gasteiger partial charge in [-0.15, -0.1) is 0 Å². The molecule has 1 aromatic heterocycles. The summed E-state index contributed by atoms with van der Waals surface area (Å²) >= 11 is 9.70. The minimum absolute atomic E-state index is 0.0348. The molecule has 2 fully saturated rings. The molecule has 4 rings (SSSR count). The summed E-state index contributed by atoms with van der Waals surface area (Å²) in [5.74, 6) is 3.15. The smallest absolute Gasteiger partial charge is 0.254 e. The minimum Gasteiger partial charge on any atom is -0.495 e. The highest BCUT2D eigenvalue weighted by atomic mass is 79.9. The molecule has 2 heterocycles. The third-order valence-corrected chi connectivity index (χ3v) is 8.23. The molecule has 10 heteroatoms. The van der Waals surface area contributed by atoms with E-state index in [2.05, 4.69) is 41.4 Å². The van der Waals surface area contributed by atoms with E-state index >= 15 is 0 Å². The molecule has 2 aromatic rings. The number of aromatic nitrogens is 2. The van der Waals surface area contributed by atoms with Crippen LogP contribution in [0, 0.1) is 11.8 Å². The Hall–Kier alpha value is -2.10. The predicted molar refractivity (Wildman–Crippen MR) is 144 cm³/mol. The summed E-state index contributed by atoms with van der Waals surface area (Å²) in [5.41, 5.74) is 1.29. The lowest BCUT2D eigenvalue weighted by Crippen LogP contribution is -2.50. The van der Waals surface area contributed by atoms with Crippen molar-refractivity contribution in [2.24, 2.45) is 11.8 Å². The Bertz CT molecular complexity index is 1010. The van der Waals surface area contributed by atoms with Gasteiger partial charge in [0, 0.05) is 50.7 Å². The molecule has 0 atom stereocenters. The van der Waals surface area contributed by atoms with Crippen molar-refractivity contribution in [3.05, 3.63) is 35.0 Å². The number of benzene rings is 1. The van der Waals surface area contributed by atoms with E-state index in [4.69, 9.17) is 16.3 Å². The van der Waals surface area contributed by atoms with Crippen LogP contribution < -0.4 is 15.4 Å². The quantitative estimate of drug-likeness (QED) is 0.441. The van der Waals surface area contributed by atoms with Crippen LogP contribution in [0.15, 0.2) is 24.4 Å². The van der Waals surface area contributed by atoms with E-state index in [9.17, 15) is 4.79 Å². The summed E-state index contributed by atoms with van der Waals surface area (Å²) in [6.07, 6.45) is 6.85. The summed E-state index contributed by atoms with van der Waals surface area (Å²) < 4.78 is 5.55. The van der Waals surface area contributed by atoms with Crippen molar-refractivity contribution in [1.29, 1.82) is 0 Å². The van der Waals surface area contributed by atoms with Crippen LogP contribution in [0.4, 0.5) is 17.5 Å². The monoisotopic (exact) mass is 564 g/mol. The minimum atomic E-state index is 0.0348. The zero-order valence-corrected chi connectivity index (χ0v) is 22.7. The number of nitrogens with one attached hydrogen (secondary N) is 2. The molecule has 1 aromatic carbocycles. The number of halogens is 2. The second-order valence-corrected chi connectivity index (χ2v) is 10.4. The molecule has 1 saturated carbocycles. The fourth-order valence-corrected chi connectivity index (χ4v) is 5.73. The topological polar surface area (TPSA) is 82.6 Å². The molecule has 0 spiro atoms. The number of hydrogen-bond acceptors (Lipinski definition) is 7. The summed E-state index contributed by atoms with van der Waals surface area (Å²) in [6, 6.07) is 5.41. The molecule has 1 aliphatic carbocycles. The van der Waals surface area contributed by atoms with E-state index in [0.717, 1.165) is 49.9 Å². The van der Waals surface area contributed by atoms with Crippen LogP contribution in [-0.2, 0) is 0 Å². The summed E-state index contributed by atoms with van der Waals surface area (Å²) in [4.78, 5) is 26.2. The molecule has 0 unspecified atom stereocenters. The molecule has 190 valence electrons. The molecule has 1 saturated heterocycles. The first-order valence-electron chi connectivity index (χ1n) is 12.2. The average molecular weight is 566 g/mol.